The number of hydrogen-bond donors (Lipinski definition) is 1. The van der Waals surface area contributed by atoms with Gasteiger partial charge in [0.2, 0.25) is 0 Å². The van der Waals surface area contributed by atoms with Gasteiger partial charge in [0.15, 0.2) is 11.5 Å². The predicted molar refractivity (Wildman–Crippen MR) is 89.0 cm³/mol. The number of fused-ring (bicyclic) bond motifs is 1. The van der Waals surface area contributed by atoms with Gasteiger partial charge in [-0.3, -0.25) is 0 Å². The number of benzene rings is 2. The standard InChI is InChI=1S/C19H23NO2/c1-12-6-5-7-14(13(12)2)18-15-8-9-17(21-3)19(22-4)16(15)10-11-20-18/h5-9,18,20H,10-11H2,1-4H3. The third-order valence-electron chi connectivity index (χ3n) is 4.68. The van der Waals surface area contributed by atoms with E-state index in [1.54, 1.807) is 14.2 Å². The molecule has 116 valence electrons. The quantitative estimate of drug-likeness (QED) is 0.939. The predicted octanol–water partition coefficient (Wildman–Crippen LogP) is 3.56. The molecule has 1 N–H and O–H groups in total. The Bertz CT molecular complexity index is 694. The number of aryl methyl sites for hydroxylation is 1. The Kier molecular flexibility index (Phi) is 4.08. The largest absolute Gasteiger partial charge is 0.493 e. The highest BCUT2D eigenvalue weighted by Gasteiger charge is 2.26. The molecule has 2 aromatic rings. The second-order valence-corrected chi connectivity index (χ2v) is 5.80. The topological polar surface area (TPSA) is 30.5 Å². The van der Waals surface area contributed by atoms with Crippen LogP contribution in [0.5, 0.6) is 11.5 Å². The molecular formula is C19H23NO2. The molecule has 0 saturated heterocycles. The van der Waals surface area contributed by atoms with E-state index in [2.05, 4.69) is 43.4 Å². The molecular weight excluding hydrogens is 274 g/mol. The normalized spacial score (nSPS) is 17.0. The van der Waals surface area contributed by atoms with Crippen LogP contribution in [0.2, 0.25) is 0 Å². The molecule has 0 amide bonds. The van der Waals surface area contributed by atoms with Crippen LogP contribution in [0.25, 0.3) is 0 Å². The van der Waals surface area contributed by atoms with Gasteiger partial charge in [0.25, 0.3) is 0 Å². The third-order valence-corrected chi connectivity index (χ3v) is 4.68. The first-order chi connectivity index (χ1) is 10.7. The Labute approximate surface area is 132 Å². The van der Waals surface area contributed by atoms with Crippen molar-refractivity contribution in [2.45, 2.75) is 26.3 Å². The van der Waals surface area contributed by atoms with E-state index in [4.69, 9.17) is 9.47 Å². The van der Waals surface area contributed by atoms with Gasteiger partial charge in [-0.05, 0) is 48.6 Å². The van der Waals surface area contributed by atoms with Crippen LogP contribution in [0.15, 0.2) is 30.3 Å². The van der Waals surface area contributed by atoms with Crippen LogP contribution in [0.4, 0.5) is 0 Å². The Hall–Kier alpha value is -2.00. The van der Waals surface area contributed by atoms with Gasteiger partial charge in [-0.1, -0.05) is 24.3 Å². The first kappa shape index (κ1) is 14.9. The van der Waals surface area contributed by atoms with Crippen LogP contribution in [0, 0.1) is 13.8 Å². The van der Waals surface area contributed by atoms with E-state index in [-0.39, 0.29) is 6.04 Å². The second-order valence-electron chi connectivity index (χ2n) is 5.80. The molecule has 0 saturated carbocycles. The van der Waals surface area contributed by atoms with Gasteiger partial charge in [0.1, 0.15) is 0 Å². The lowest BCUT2D eigenvalue weighted by Crippen LogP contribution is -2.31. The smallest absolute Gasteiger partial charge is 0.164 e. The molecule has 1 heterocycles. The van der Waals surface area contributed by atoms with Gasteiger partial charge in [-0.2, -0.15) is 0 Å². The Morgan fingerprint density at radius 3 is 2.55 bits per heavy atom. The zero-order valence-corrected chi connectivity index (χ0v) is 13.7. The number of hydrogen-bond acceptors (Lipinski definition) is 3. The Balaban J connectivity index is 2.14. The summed E-state index contributed by atoms with van der Waals surface area (Å²) in [5.74, 6) is 1.68. The van der Waals surface area contributed by atoms with Crippen molar-refractivity contribution in [3.8, 4) is 11.5 Å². The van der Waals surface area contributed by atoms with Gasteiger partial charge < -0.3 is 14.8 Å². The third kappa shape index (κ3) is 2.35. The van der Waals surface area contributed by atoms with E-state index in [9.17, 15) is 0 Å². The van der Waals surface area contributed by atoms with E-state index >= 15 is 0 Å². The van der Waals surface area contributed by atoms with E-state index < -0.39 is 0 Å². The van der Waals surface area contributed by atoms with Crippen LogP contribution in [-0.4, -0.2) is 20.8 Å². The van der Waals surface area contributed by atoms with Gasteiger partial charge in [0.05, 0.1) is 20.3 Å². The highest BCUT2D eigenvalue weighted by molar-refractivity contribution is 5.55. The van der Waals surface area contributed by atoms with E-state index in [0.29, 0.717) is 0 Å². The van der Waals surface area contributed by atoms with E-state index in [1.807, 2.05) is 6.07 Å². The highest BCUT2D eigenvalue weighted by Crippen LogP contribution is 2.40. The van der Waals surface area contributed by atoms with Crippen molar-refractivity contribution in [1.82, 2.24) is 5.32 Å². The molecule has 1 aliphatic heterocycles. The summed E-state index contributed by atoms with van der Waals surface area (Å²) >= 11 is 0. The number of ether oxygens (including phenoxy) is 2. The Morgan fingerprint density at radius 1 is 1.00 bits per heavy atom. The average molecular weight is 297 g/mol. The van der Waals surface area contributed by atoms with Crippen LogP contribution in [-0.2, 0) is 6.42 Å². The fraction of sp³-hybridized carbons (Fsp3) is 0.368. The molecule has 0 bridgehead atoms. The fourth-order valence-electron chi connectivity index (χ4n) is 3.35. The SMILES string of the molecule is COc1ccc2c(c1OC)CCNC2c1cccc(C)c1C. The maximum Gasteiger partial charge on any atom is 0.164 e. The molecule has 0 aromatic heterocycles. The summed E-state index contributed by atoms with van der Waals surface area (Å²) in [7, 11) is 3.40. The molecule has 0 fully saturated rings. The zero-order valence-electron chi connectivity index (χ0n) is 13.7. The van der Waals surface area contributed by atoms with Crippen molar-refractivity contribution >= 4 is 0 Å². The maximum atomic E-state index is 5.62. The van der Waals surface area contributed by atoms with Crippen molar-refractivity contribution < 1.29 is 9.47 Å². The molecule has 0 radical (unpaired) electrons. The molecule has 2 aromatic carbocycles. The summed E-state index contributed by atoms with van der Waals surface area (Å²) in [6.45, 7) is 5.30. The minimum atomic E-state index is 0.212. The Morgan fingerprint density at radius 2 is 1.82 bits per heavy atom. The van der Waals surface area contributed by atoms with Crippen molar-refractivity contribution in [1.29, 1.82) is 0 Å². The first-order valence-electron chi connectivity index (χ1n) is 7.70. The summed E-state index contributed by atoms with van der Waals surface area (Å²) in [4.78, 5) is 0. The van der Waals surface area contributed by atoms with Crippen LogP contribution in [0.3, 0.4) is 0 Å². The molecule has 22 heavy (non-hydrogen) atoms. The lowest BCUT2D eigenvalue weighted by Gasteiger charge is -2.30. The zero-order chi connectivity index (χ0) is 15.7. The summed E-state index contributed by atoms with van der Waals surface area (Å²) in [6.07, 6.45) is 0.955. The van der Waals surface area contributed by atoms with Crippen molar-refractivity contribution in [3.05, 3.63) is 58.1 Å². The minimum Gasteiger partial charge on any atom is -0.493 e. The number of methoxy groups -OCH3 is 2. The summed E-state index contributed by atoms with van der Waals surface area (Å²) in [5, 5.41) is 3.65. The first-order valence-corrected chi connectivity index (χ1v) is 7.70. The summed E-state index contributed by atoms with van der Waals surface area (Å²) in [6, 6.07) is 10.9. The monoisotopic (exact) mass is 297 g/mol. The lowest BCUT2D eigenvalue weighted by atomic mass is 9.86. The van der Waals surface area contributed by atoms with Gasteiger partial charge in [0, 0.05) is 12.1 Å². The van der Waals surface area contributed by atoms with Crippen LogP contribution in [0.1, 0.15) is 33.9 Å². The lowest BCUT2D eigenvalue weighted by molar-refractivity contribution is 0.348. The van der Waals surface area contributed by atoms with Crippen molar-refractivity contribution in [2.24, 2.45) is 0 Å². The molecule has 3 nitrogen and oxygen atoms in total. The molecule has 1 atom stereocenters. The van der Waals surface area contributed by atoms with E-state index in [0.717, 1.165) is 24.5 Å². The average Bonchev–Trinajstić information content (AvgIpc) is 2.55. The van der Waals surface area contributed by atoms with E-state index in [1.165, 1.54) is 27.8 Å². The molecule has 1 aliphatic rings. The van der Waals surface area contributed by atoms with Gasteiger partial charge >= 0.3 is 0 Å². The van der Waals surface area contributed by atoms with Crippen molar-refractivity contribution in [2.75, 3.05) is 20.8 Å². The molecule has 0 aliphatic carbocycles. The number of nitrogens with one attached hydrogen (secondary N) is 1. The van der Waals surface area contributed by atoms with Crippen molar-refractivity contribution in [3.63, 3.8) is 0 Å². The van der Waals surface area contributed by atoms with Gasteiger partial charge in [-0.15, -0.1) is 0 Å². The number of rotatable bonds is 3. The fourth-order valence-corrected chi connectivity index (χ4v) is 3.35. The van der Waals surface area contributed by atoms with Crippen LogP contribution < -0.4 is 14.8 Å². The molecule has 3 rings (SSSR count). The minimum absolute atomic E-state index is 0.212. The summed E-state index contributed by atoms with van der Waals surface area (Å²) in [5.41, 5.74) is 6.56. The maximum absolute atomic E-state index is 5.62. The summed E-state index contributed by atoms with van der Waals surface area (Å²) < 4.78 is 11.1. The van der Waals surface area contributed by atoms with Gasteiger partial charge in [-0.25, -0.2) is 0 Å². The molecule has 0 spiro atoms. The second kappa shape index (κ2) is 6.01. The van der Waals surface area contributed by atoms with Crippen LogP contribution >= 0.6 is 0 Å². The molecule has 1 unspecified atom stereocenters. The molecule has 3 heteroatoms. The highest BCUT2D eigenvalue weighted by atomic mass is 16.5.